The largest absolute Gasteiger partial charge is 0.461 e. The van der Waals surface area contributed by atoms with Gasteiger partial charge in [0.2, 0.25) is 5.91 Å². The van der Waals surface area contributed by atoms with Gasteiger partial charge in [-0.2, -0.15) is 0 Å². The summed E-state index contributed by atoms with van der Waals surface area (Å²) in [5.41, 5.74) is 0. The molecule has 1 amide bonds. The standard InChI is InChI=1S/C18H35NO3/c1-7-10-11-12-13-17(20)19(14(4)8-2)16(6)18(21)22-15(5)9-3/h14-16H,7-13H2,1-6H3. The molecule has 0 aromatic rings. The van der Waals surface area contributed by atoms with E-state index in [1.165, 1.54) is 0 Å². The Bertz CT molecular complexity index is 330. The van der Waals surface area contributed by atoms with E-state index in [2.05, 4.69) is 6.92 Å². The van der Waals surface area contributed by atoms with Crippen molar-refractivity contribution in [2.45, 2.75) is 105 Å². The van der Waals surface area contributed by atoms with E-state index < -0.39 is 6.04 Å². The Morgan fingerprint density at radius 3 is 2.09 bits per heavy atom. The highest BCUT2D eigenvalue weighted by atomic mass is 16.5. The molecule has 3 unspecified atom stereocenters. The van der Waals surface area contributed by atoms with Crippen molar-refractivity contribution < 1.29 is 14.3 Å². The second-order valence-electron chi connectivity index (χ2n) is 6.20. The van der Waals surface area contributed by atoms with Gasteiger partial charge in [0.1, 0.15) is 6.04 Å². The fraction of sp³-hybridized carbons (Fsp3) is 0.889. The summed E-state index contributed by atoms with van der Waals surface area (Å²) < 4.78 is 5.40. The number of carbonyl (C=O) groups is 2. The van der Waals surface area contributed by atoms with Gasteiger partial charge >= 0.3 is 5.97 Å². The van der Waals surface area contributed by atoms with Crippen LogP contribution in [0.25, 0.3) is 0 Å². The quantitative estimate of drug-likeness (QED) is 0.422. The number of amides is 1. The third-order valence-corrected chi connectivity index (χ3v) is 4.25. The molecule has 0 radical (unpaired) electrons. The van der Waals surface area contributed by atoms with Crippen molar-refractivity contribution >= 4 is 11.9 Å². The van der Waals surface area contributed by atoms with Crippen LogP contribution in [0.3, 0.4) is 0 Å². The van der Waals surface area contributed by atoms with Gasteiger partial charge in [0.05, 0.1) is 6.10 Å². The molecule has 0 rings (SSSR count). The number of esters is 1. The van der Waals surface area contributed by atoms with Gasteiger partial charge in [0.25, 0.3) is 0 Å². The van der Waals surface area contributed by atoms with Gasteiger partial charge in [-0.15, -0.1) is 0 Å². The highest BCUT2D eigenvalue weighted by molar-refractivity contribution is 5.84. The molecular weight excluding hydrogens is 278 g/mol. The lowest BCUT2D eigenvalue weighted by molar-refractivity contribution is -0.160. The zero-order chi connectivity index (χ0) is 17.1. The summed E-state index contributed by atoms with van der Waals surface area (Å²) in [6.07, 6.45) is 6.31. The highest BCUT2D eigenvalue weighted by Crippen LogP contribution is 2.15. The summed E-state index contributed by atoms with van der Waals surface area (Å²) in [5, 5.41) is 0. The monoisotopic (exact) mass is 313 g/mol. The van der Waals surface area contributed by atoms with Crippen LogP contribution in [0.2, 0.25) is 0 Å². The number of carbonyl (C=O) groups excluding carboxylic acids is 2. The third kappa shape index (κ3) is 7.28. The van der Waals surface area contributed by atoms with Gasteiger partial charge in [0, 0.05) is 12.5 Å². The smallest absolute Gasteiger partial charge is 0.328 e. The number of hydrogen-bond acceptors (Lipinski definition) is 3. The Morgan fingerprint density at radius 1 is 0.955 bits per heavy atom. The lowest BCUT2D eigenvalue weighted by Crippen LogP contribution is -2.49. The topological polar surface area (TPSA) is 46.6 Å². The van der Waals surface area contributed by atoms with Crippen LogP contribution in [0.4, 0.5) is 0 Å². The van der Waals surface area contributed by atoms with E-state index in [1.807, 2.05) is 27.7 Å². The van der Waals surface area contributed by atoms with Crippen LogP contribution in [0.5, 0.6) is 0 Å². The van der Waals surface area contributed by atoms with E-state index >= 15 is 0 Å². The first kappa shape index (κ1) is 20.9. The molecule has 3 atom stereocenters. The molecule has 0 aliphatic carbocycles. The minimum Gasteiger partial charge on any atom is -0.461 e. The van der Waals surface area contributed by atoms with Crippen LogP contribution in [-0.2, 0) is 14.3 Å². The van der Waals surface area contributed by atoms with Crippen LogP contribution in [0.1, 0.15) is 86.5 Å². The van der Waals surface area contributed by atoms with Gasteiger partial charge in [-0.1, -0.05) is 40.0 Å². The molecule has 4 heteroatoms. The minimum atomic E-state index is -0.511. The molecular formula is C18H35NO3. The average Bonchev–Trinajstić information content (AvgIpc) is 2.51. The predicted molar refractivity (Wildman–Crippen MR) is 90.7 cm³/mol. The maximum absolute atomic E-state index is 12.5. The molecule has 0 heterocycles. The molecule has 0 aliphatic rings. The van der Waals surface area contributed by atoms with Crippen LogP contribution in [-0.4, -0.2) is 35.0 Å². The lowest BCUT2D eigenvalue weighted by atomic mass is 10.1. The normalized spacial score (nSPS) is 15.0. The van der Waals surface area contributed by atoms with E-state index in [0.717, 1.165) is 38.5 Å². The van der Waals surface area contributed by atoms with Crippen molar-refractivity contribution in [3.8, 4) is 0 Å². The molecule has 0 fully saturated rings. The Hall–Kier alpha value is -1.06. The number of hydrogen-bond donors (Lipinski definition) is 0. The molecule has 4 nitrogen and oxygen atoms in total. The van der Waals surface area contributed by atoms with E-state index in [9.17, 15) is 9.59 Å². The van der Waals surface area contributed by atoms with Crippen molar-refractivity contribution in [1.82, 2.24) is 4.90 Å². The van der Waals surface area contributed by atoms with Gasteiger partial charge < -0.3 is 9.64 Å². The fourth-order valence-electron chi connectivity index (χ4n) is 2.37. The van der Waals surface area contributed by atoms with Crippen molar-refractivity contribution in [3.63, 3.8) is 0 Å². The molecule has 0 bridgehead atoms. The summed E-state index contributed by atoms with van der Waals surface area (Å²) in [4.78, 5) is 26.5. The highest BCUT2D eigenvalue weighted by Gasteiger charge is 2.30. The molecule has 130 valence electrons. The molecule has 0 spiro atoms. The molecule has 0 N–H and O–H groups in total. The molecule has 0 saturated heterocycles. The zero-order valence-corrected chi connectivity index (χ0v) is 15.4. The van der Waals surface area contributed by atoms with Gasteiger partial charge in [-0.25, -0.2) is 4.79 Å². The van der Waals surface area contributed by atoms with E-state index in [1.54, 1.807) is 11.8 Å². The summed E-state index contributed by atoms with van der Waals surface area (Å²) in [7, 11) is 0. The fourth-order valence-corrected chi connectivity index (χ4v) is 2.37. The van der Waals surface area contributed by atoms with Crippen molar-refractivity contribution in [2.24, 2.45) is 0 Å². The second-order valence-corrected chi connectivity index (χ2v) is 6.20. The molecule has 0 saturated carbocycles. The summed E-state index contributed by atoms with van der Waals surface area (Å²) in [5.74, 6) is -0.226. The van der Waals surface area contributed by atoms with Crippen LogP contribution < -0.4 is 0 Å². The van der Waals surface area contributed by atoms with E-state index in [4.69, 9.17) is 4.74 Å². The Kier molecular flexibility index (Phi) is 10.9. The van der Waals surface area contributed by atoms with E-state index in [0.29, 0.717) is 6.42 Å². The van der Waals surface area contributed by atoms with Gasteiger partial charge in [-0.05, 0) is 40.0 Å². The van der Waals surface area contributed by atoms with Gasteiger partial charge in [0.15, 0.2) is 0 Å². The second kappa shape index (κ2) is 11.5. The van der Waals surface area contributed by atoms with Crippen molar-refractivity contribution in [3.05, 3.63) is 0 Å². The van der Waals surface area contributed by atoms with Crippen molar-refractivity contribution in [2.75, 3.05) is 0 Å². The third-order valence-electron chi connectivity index (χ3n) is 4.25. The summed E-state index contributed by atoms with van der Waals surface area (Å²) in [6, 6.07) is -0.458. The first-order valence-electron chi connectivity index (χ1n) is 8.90. The molecule has 0 aliphatic heterocycles. The Labute approximate surface area is 136 Å². The molecule has 22 heavy (non-hydrogen) atoms. The first-order valence-corrected chi connectivity index (χ1v) is 8.90. The average molecular weight is 313 g/mol. The zero-order valence-electron chi connectivity index (χ0n) is 15.4. The molecule has 0 aromatic heterocycles. The maximum atomic E-state index is 12.5. The minimum absolute atomic E-state index is 0.0538. The number of nitrogens with zero attached hydrogens (tertiary/aromatic N) is 1. The van der Waals surface area contributed by atoms with Crippen LogP contribution >= 0.6 is 0 Å². The SMILES string of the molecule is CCCCCCC(=O)N(C(C)CC)C(C)C(=O)OC(C)CC. The van der Waals surface area contributed by atoms with E-state index in [-0.39, 0.29) is 24.0 Å². The Balaban J connectivity index is 4.73. The number of rotatable bonds is 11. The number of unbranched alkanes of at least 4 members (excludes halogenated alkanes) is 3. The van der Waals surface area contributed by atoms with Crippen molar-refractivity contribution in [1.29, 1.82) is 0 Å². The predicted octanol–water partition coefficient (Wildman–Crippen LogP) is 4.31. The molecule has 0 aromatic carbocycles. The first-order chi connectivity index (χ1) is 10.4. The Morgan fingerprint density at radius 2 is 1.59 bits per heavy atom. The number of ether oxygens (including phenoxy) is 1. The summed E-state index contributed by atoms with van der Waals surface area (Å²) >= 11 is 0. The van der Waals surface area contributed by atoms with Gasteiger partial charge in [-0.3, -0.25) is 4.79 Å². The van der Waals surface area contributed by atoms with Crippen LogP contribution in [0, 0.1) is 0 Å². The van der Waals surface area contributed by atoms with Crippen LogP contribution in [0.15, 0.2) is 0 Å². The lowest BCUT2D eigenvalue weighted by Gasteiger charge is -2.33. The summed E-state index contributed by atoms with van der Waals surface area (Å²) in [6.45, 7) is 11.8. The maximum Gasteiger partial charge on any atom is 0.328 e.